The fourth-order valence-electron chi connectivity index (χ4n) is 0.418. The first kappa shape index (κ1) is 12.6. The number of hydrogen-bond donors (Lipinski definition) is 1. The average molecular weight is 146 g/mol. The van der Waals surface area contributed by atoms with Crippen molar-refractivity contribution in [3.63, 3.8) is 0 Å². The Balaban J connectivity index is 0. The van der Waals surface area contributed by atoms with Crippen LogP contribution in [0, 0.1) is 5.92 Å². The molecule has 1 atom stereocenters. The summed E-state index contributed by atoms with van der Waals surface area (Å²) < 4.78 is 0. The molecular formula is C9H22O. The number of aliphatic hydroxyl groups excluding tert-OH is 1. The van der Waals surface area contributed by atoms with E-state index < -0.39 is 0 Å². The van der Waals surface area contributed by atoms with Crippen molar-refractivity contribution in [1.82, 2.24) is 0 Å². The molecule has 0 aromatic heterocycles. The first-order valence-corrected chi connectivity index (χ1v) is 4.18. The second kappa shape index (κ2) is 8.96. The fourth-order valence-corrected chi connectivity index (χ4v) is 0.418. The summed E-state index contributed by atoms with van der Waals surface area (Å²) in [5.41, 5.74) is 0. The van der Waals surface area contributed by atoms with Crippen LogP contribution in [0.3, 0.4) is 0 Å². The Morgan fingerprint density at radius 2 is 1.40 bits per heavy atom. The maximum Gasteiger partial charge on any atom is 0.0512 e. The molecule has 0 radical (unpaired) electrons. The summed E-state index contributed by atoms with van der Waals surface area (Å²) in [6.07, 6.45) is 1.91. The van der Waals surface area contributed by atoms with Crippen LogP contribution in [0.5, 0.6) is 0 Å². The summed E-state index contributed by atoms with van der Waals surface area (Å²) in [4.78, 5) is 0. The van der Waals surface area contributed by atoms with E-state index in [4.69, 9.17) is 5.11 Å². The van der Waals surface area contributed by atoms with E-state index in [-0.39, 0.29) is 6.10 Å². The average Bonchev–Trinajstić information content (AvgIpc) is 1.62. The van der Waals surface area contributed by atoms with Crippen LogP contribution in [0.15, 0.2) is 0 Å². The van der Waals surface area contributed by atoms with Crippen molar-refractivity contribution in [2.24, 2.45) is 5.92 Å². The van der Waals surface area contributed by atoms with Gasteiger partial charge in [-0.15, -0.1) is 0 Å². The van der Waals surface area contributed by atoms with E-state index in [0.717, 1.165) is 18.8 Å². The molecule has 0 aliphatic carbocycles. The predicted molar refractivity (Wildman–Crippen MR) is 47.1 cm³/mol. The van der Waals surface area contributed by atoms with Gasteiger partial charge in [0.1, 0.15) is 0 Å². The van der Waals surface area contributed by atoms with Crippen molar-refractivity contribution >= 4 is 0 Å². The third-order valence-electron chi connectivity index (χ3n) is 0.706. The summed E-state index contributed by atoms with van der Waals surface area (Å²) in [5.74, 6) is 0.833. The molecule has 0 saturated carbocycles. The van der Waals surface area contributed by atoms with Gasteiger partial charge in [-0.2, -0.15) is 0 Å². The van der Waals surface area contributed by atoms with E-state index in [9.17, 15) is 0 Å². The first-order chi connectivity index (χ1) is 4.50. The zero-order valence-electron chi connectivity index (χ0n) is 8.02. The van der Waals surface area contributed by atoms with E-state index in [2.05, 4.69) is 27.7 Å². The summed E-state index contributed by atoms with van der Waals surface area (Å²) in [6, 6.07) is 0. The Morgan fingerprint density at radius 1 is 1.10 bits per heavy atom. The normalized spacial score (nSPS) is 12.3. The van der Waals surface area contributed by atoms with Crippen molar-refractivity contribution in [2.45, 2.75) is 53.6 Å². The molecule has 0 rings (SSSR count). The van der Waals surface area contributed by atoms with E-state index in [0.29, 0.717) is 0 Å². The number of aliphatic hydroxyl groups is 1. The Bertz CT molecular complexity index is 45.9. The van der Waals surface area contributed by atoms with E-state index >= 15 is 0 Å². The maximum absolute atomic E-state index is 8.55. The number of rotatable bonds is 2. The molecule has 0 amide bonds. The quantitative estimate of drug-likeness (QED) is 0.635. The summed E-state index contributed by atoms with van der Waals surface area (Å²) in [7, 11) is 0. The lowest BCUT2D eigenvalue weighted by Crippen LogP contribution is -1.95. The first-order valence-electron chi connectivity index (χ1n) is 4.18. The highest BCUT2D eigenvalue weighted by Gasteiger charge is 1.87. The van der Waals surface area contributed by atoms with Crippen LogP contribution in [-0.4, -0.2) is 11.2 Å². The largest absolute Gasteiger partial charge is 0.393 e. The summed E-state index contributed by atoms with van der Waals surface area (Å²) >= 11 is 0. The zero-order chi connectivity index (χ0) is 8.57. The minimum absolute atomic E-state index is 0.102. The Hall–Kier alpha value is -0.0400. The van der Waals surface area contributed by atoms with Gasteiger partial charge in [-0.05, 0) is 19.3 Å². The molecule has 0 aliphatic rings. The topological polar surface area (TPSA) is 20.2 Å². The highest BCUT2D eigenvalue weighted by atomic mass is 16.3. The molecule has 0 fully saturated rings. The van der Waals surface area contributed by atoms with Crippen LogP contribution in [0.4, 0.5) is 0 Å². The molecule has 0 bridgehead atoms. The van der Waals surface area contributed by atoms with Crippen molar-refractivity contribution in [3.8, 4) is 0 Å². The Labute approximate surface area is 65.5 Å². The molecule has 0 aromatic rings. The standard InChI is InChI=1S/C5H12O.C4H10/c1-3-4-5(2)6;1-4(2)3/h5-6H,3-4H2,1-2H3;4H,1-3H3. The van der Waals surface area contributed by atoms with Crippen LogP contribution < -0.4 is 0 Å². The minimum atomic E-state index is -0.102. The van der Waals surface area contributed by atoms with Crippen LogP contribution in [0.25, 0.3) is 0 Å². The Kier molecular flexibility index (Phi) is 11.3. The van der Waals surface area contributed by atoms with Crippen molar-refractivity contribution in [3.05, 3.63) is 0 Å². The van der Waals surface area contributed by atoms with Gasteiger partial charge in [0.25, 0.3) is 0 Å². The summed E-state index contributed by atoms with van der Waals surface area (Å²) in [6.45, 7) is 10.4. The van der Waals surface area contributed by atoms with E-state index in [1.54, 1.807) is 0 Å². The van der Waals surface area contributed by atoms with Crippen LogP contribution >= 0.6 is 0 Å². The molecule has 1 nitrogen and oxygen atoms in total. The molecule has 10 heavy (non-hydrogen) atoms. The highest BCUT2D eigenvalue weighted by Crippen LogP contribution is 1.91. The van der Waals surface area contributed by atoms with Crippen LogP contribution in [-0.2, 0) is 0 Å². The molecule has 0 aromatic carbocycles. The molecule has 64 valence electrons. The van der Waals surface area contributed by atoms with Crippen LogP contribution in [0.1, 0.15) is 47.5 Å². The van der Waals surface area contributed by atoms with Crippen molar-refractivity contribution in [2.75, 3.05) is 0 Å². The fraction of sp³-hybridized carbons (Fsp3) is 1.00. The molecule has 1 unspecified atom stereocenters. The van der Waals surface area contributed by atoms with Crippen LogP contribution in [0.2, 0.25) is 0 Å². The van der Waals surface area contributed by atoms with Gasteiger partial charge in [0.05, 0.1) is 6.10 Å². The monoisotopic (exact) mass is 146 g/mol. The maximum atomic E-state index is 8.55. The molecule has 0 spiro atoms. The third-order valence-corrected chi connectivity index (χ3v) is 0.706. The van der Waals surface area contributed by atoms with Crippen molar-refractivity contribution in [1.29, 1.82) is 0 Å². The van der Waals surface area contributed by atoms with Gasteiger partial charge in [-0.1, -0.05) is 34.1 Å². The summed E-state index contributed by atoms with van der Waals surface area (Å²) in [5, 5.41) is 8.55. The van der Waals surface area contributed by atoms with Crippen molar-refractivity contribution < 1.29 is 5.11 Å². The molecular weight excluding hydrogens is 124 g/mol. The predicted octanol–water partition coefficient (Wildman–Crippen LogP) is 2.83. The lowest BCUT2D eigenvalue weighted by Gasteiger charge is -1.95. The van der Waals surface area contributed by atoms with E-state index in [1.807, 2.05) is 6.92 Å². The van der Waals surface area contributed by atoms with Gasteiger partial charge in [-0.3, -0.25) is 0 Å². The third kappa shape index (κ3) is 44.0. The number of hydrogen-bond acceptors (Lipinski definition) is 1. The van der Waals surface area contributed by atoms with Gasteiger partial charge in [0.2, 0.25) is 0 Å². The van der Waals surface area contributed by atoms with Gasteiger partial charge in [-0.25, -0.2) is 0 Å². The minimum Gasteiger partial charge on any atom is -0.393 e. The Morgan fingerprint density at radius 3 is 1.40 bits per heavy atom. The van der Waals surface area contributed by atoms with Gasteiger partial charge < -0.3 is 5.11 Å². The molecule has 0 saturated heterocycles. The van der Waals surface area contributed by atoms with E-state index in [1.165, 1.54) is 0 Å². The van der Waals surface area contributed by atoms with Gasteiger partial charge in [0, 0.05) is 0 Å². The molecule has 1 N–H and O–H groups in total. The second-order valence-electron chi connectivity index (χ2n) is 3.37. The second-order valence-corrected chi connectivity index (χ2v) is 3.37. The van der Waals surface area contributed by atoms with Gasteiger partial charge in [0.15, 0.2) is 0 Å². The lowest BCUT2D eigenvalue weighted by molar-refractivity contribution is 0.183. The molecule has 0 aliphatic heterocycles. The lowest BCUT2D eigenvalue weighted by atomic mass is 10.2. The zero-order valence-corrected chi connectivity index (χ0v) is 8.02. The smallest absolute Gasteiger partial charge is 0.0512 e. The highest BCUT2D eigenvalue weighted by molar-refractivity contribution is 4.40. The van der Waals surface area contributed by atoms with Gasteiger partial charge >= 0.3 is 0 Å². The molecule has 1 heteroatoms. The SMILES string of the molecule is CC(C)C.CCCC(C)O. The molecule has 0 heterocycles.